The molecule has 4 aromatic rings. The summed E-state index contributed by atoms with van der Waals surface area (Å²) in [5.74, 6) is -0.397. The first-order valence-electron chi connectivity index (χ1n) is 9.33. The second-order valence-corrected chi connectivity index (χ2v) is 7.02. The average molecular weight is 419 g/mol. The predicted molar refractivity (Wildman–Crippen MR) is 117 cm³/mol. The molecule has 2 N–H and O–H groups in total. The van der Waals surface area contributed by atoms with Gasteiger partial charge in [-0.3, -0.25) is 9.89 Å². The topological polar surface area (TPSA) is 88.0 Å². The molecule has 0 bridgehead atoms. The van der Waals surface area contributed by atoms with Gasteiger partial charge in [0, 0.05) is 5.56 Å². The Balaban J connectivity index is 1.43. The number of H-pyrrole nitrogens is 1. The minimum absolute atomic E-state index is 0.314. The molecule has 0 unspecified atom stereocenters. The number of aromatic nitrogens is 4. The minimum Gasteiger partial charge on any atom is -0.272 e. The summed E-state index contributed by atoms with van der Waals surface area (Å²) in [6.45, 7) is 2.40. The van der Waals surface area contributed by atoms with E-state index in [0.29, 0.717) is 28.6 Å². The molecule has 4 rings (SSSR count). The van der Waals surface area contributed by atoms with Gasteiger partial charge < -0.3 is 0 Å². The fourth-order valence-electron chi connectivity index (χ4n) is 2.99. The van der Waals surface area contributed by atoms with E-state index >= 15 is 0 Å². The second kappa shape index (κ2) is 8.75. The molecule has 0 aliphatic heterocycles. The van der Waals surface area contributed by atoms with Crippen molar-refractivity contribution in [3.63, 3.8) is 0 Å². The highest BCUT2D eigenvalue weighted by molar-refractivity contribution is 6.32. The fraction of sp³-hybridized carbons (Fsp3) is 0.0909. The lowest BCUT2D eigenvalue weighted by molar-refractivity contribution is 0.0950. The van der Waals surface area contributed by atoms with Gasteiger partial charge in [0.2, 0.25) is 0 Å². The Kier molecular flexibility index (Phi) is 5.72. The van der Waals surface area contributed by atoms with Crippen LogP contribution in [0.25, 0.3) is 11.3 Å². The highest BCUT2D eigenvalue weighted by Gasteiger charge is 2.13. The van der Waals surface area contributed by atoms with Crippen LogP contribution in [0.3, 0.4) is 0 Å². The highest BCUT2D eigenvalue weighted by Crippen LogP contribution is 2.19. The Hall–Kier alpha value is -3.71. The van der Waals surface area contributed by atoms with Crippen LogP contribution in [-0.2, 0) is 6.54 Å². The number of nitrogens with one attached hydrogen (secondary N) is 2. The summed E-state index contributed by atoms with van der Waals surface area (Å²) in [7, 11) is 0. The molecule has 7 nitrogen and oxygen atoms in total. The Morgan fingerprint density at radius 1 is 1.17 bits per heavy atom. The number of carbonyl (C=O) groups excluding carboxylic acids is 1. The van der Waals surface area contributed by atoms with E-state index in [0.717, 1.165) is 16.8 Å². The molecule has 0 aliphatic carbocycles. The number of benzene rings is 2. The number of amides is 1. The number of aromatic amines is 1. The van der Waals surface area contributed by atoms with Crippen LogP contribution in [0.1, 0.15) is 27.3 Å². The summed E-state index contributed by atoms with van der Waals surface area (Å²) in [5, 5.41) is 15.9. The van der Waals surface area contributed by atoms with Crippen molar-refractivity contribution in [3.8, 4) is 11.3 Å². The van der Waals surface area contributed by atoms with Crippen molar-refractivity contribution in [2.24, 2.45) is 5.10 Å². The zero-order valence-electron chi connectivity index (χ0n) is 16.2. The van der Waals surface area contributed by atoms with Crippen LogP contribution < -0.4 is 5.43 Å². The van der Waals surface area contributed by atoms with Crippen molar-refractivity contribution >= 4 is 23.7 Å². The SMILES string of the molecule is Cc1nn(Cc2ccccc2)c(Cl)c1/C=N\NC(=O)c1cc(-c2ccccc2)n[nH]1. The number of hydrogen-bond donors (Lipinski definition) is 2. The summed E-state index contributed by atoms with van der Waals surface area (Å²) in [6, 6.07) is 21.2. The number of nitrogens with zero attached hydrogens (tertiary/aromatic N) is 4. The van der Waals surface area contributed by atoms with E-state index in [2.05, 4.69) is 25.8 Å². The lowest BCUT2D eigenvalue weighted by atomic mass is 10.1. The molecule has 150 valence electrons. The lowest BCUT2D eigenvalue weighted by Crippen LogP contribution is -2.18. The van der Waals surface area contributed by atoms with Crippen molar-refractivity contribution < 1.29 is 4.79 Å². The van der Waals surface area contributed by atoms with Gasteiger partial charge in [0.1, 0.15) is 10.8 Å². The zero-order valence-corrected chi connectivity index (χ0v) is 17.0. The summed E-state index contributed by atoms with van der Waals surface area (Å²) in [5.41, 5.74) is 6.88. The van der Waals surface area contributed by atoms with E-state index < -0.39 is 5.91 Å². The zero-order chi connectivity index (χ0) is 20.9. The fourth-order valence-corrected chi connectivity index (χ4v) is 3.27. The molecule has 1 amide bonds. The molecule has 0 spiro atoms. The summed E-state index contributed by atoms with van der Waals surface area (Å²) in [6.07, 6.45) is 1.50. The third-order valence-electron chi connectivity index (χ3n) is 4.54. The monoisotopic (exact) mass is 418 g/mol. The van der Waals surface area contributed by atoms with Gasteiger partial charge in [-0.25, -0.2) is 10.1 Å². The summed E-state index contributed by atoms with van der Waals surface area (Å²) in [4.78, 5) is 12.3. The first-order chi connectivity index (χ1) is 14.6. The van der Waals surface area contributed by atoms with Gasteiger partial charge in [0.15, 0.2) is 0 Å². The van der Waals surface area contributed by atoms with Gasteiger partial charge in [0.25, 0.3) is 5.91 Å². The van der Waals surface area contributed by atoms with Crippen LogP contribution >= 0.6 is 11.6 Å². The normalized spacial score (nSPS) is 11.1. The van der Waals surface area contributed by atoms with E-state index in [1.807, 2.05) is 67.6 Å². The molecule has 8 heteroatoms. The van der Waals surface area contributed by atoms with Gasteiger partial charge >= 0.3 is 0 Å². The number of carbonyl (C=O) groups is 1. The van der Waals surface area contributed by atoms with Crippen LogP contribution in [0.2, 0.25) is 5.15 Å². The van der Waals surface area contributed by atoms with Crippen LogP contribution in [0, 0.1) is 6.92 Å². The lowest BCUT2D eigenvalue weighted by Gasteiger charge is -2.03. The molecule has 0 saturated heterocycles. The summed E-state index contributed by atoms with van der Waals surface area (Å²) < 4.78 is 1.70. The molecule has 0 atom stereocenters. The first-order valence-corrected chi connectivity index (χ1v) is 9.70. The molecule has 0 fully saturated rings. The van der Waals surface area contributed by atoms with E-state index in [4.69, 9.17) is 11.6 Å². The number of hydrazone groups is 1. The average Bonchev–Trinajstić information content (AvgIpc) is 3.36. The van der Waals surface area contributed by atoms with Crippen molar-refractivity contribution in [3.05, 3.63) is 94.4 Å². The molecule has 2 aromatic heterocycles. The minimum atomic E-state index is -0.397. The van der Waals surface area contributed by atoms with Gasteiger partial charge in [-0.1, -0.05) is 72.3 Å². The maximum atomic E-state index is 12.3. The van der Waals surface area contributed by atoms with Crippen molar-refractivity contribution in [2.45, 2.75) is 13.5 Å². The third-order valence-corrected chi connectivity index (χ3v) is 4.94. The molecular weight excluding hydrogens is 400 g/mol. The van der Waals surface area contributed by atoms with E-state index in [-0.39, 0.29) is 0 Å². The Bertz CT molecular complexity index is 1180. The molecule has 2 aromatic carbocycles. The van der Waals surface area contributed by atoms with Crippen molar-refractivity contribution in [1.29, 1.82) is 0 Å². The summed E-state index contributed by atoms with van der Waals surface area (Å²) >= 11 is 6.46. The molecule has 0 radical (unpaired) electrons. The van der Waals surface area contributed by atoms with Crippen LogP contribution in [0.4, 0.5) is 0 Å². The Labute approximate surface area is 178 Å². The number of halogens is 1. The van der Waals surface area contributed by atoms with Crippen molar-refractivity contribution in [1.82, 2.24) is 25.4 Å². The second-order valence-electron chi connectivity index (χ2n) is 6.67. The molecular formula is C22H19ClN6O. The standard InChI is InChI=1S/C22H19ClN6O/c1-15-18(21(23)29(28-15)14-16-8-4-2-5-9-16)13-24-27-22(30)20-12-19(25-26-20)17-10-6-3-7-11-17/h2-13H,14H2,1H3,(H,25,26)(H,27,30)/b24-13-. The quantitative estimate of drug-likeness (QED) is 0.366. The van der Waals surface area contributed by atoms with Crippen LogP contribution in [-0.4, -0.2) is 32.1 Å². The van der Waals surface area contributed by atoms with E-state index in [1.165, 1.54) is 6.21 Å². The Morgan fingerprint density at radius 2 is 1.87 bits per heavy atom. The molecule has 2 heterocycles. The smallest absolute Gasteiger partial charge is 0.272 e. The number of aryl methyl sites for hydroxylation is 1. The van der Waals surface area contributed by atoms with Gasteiger partial charge in [0.05, 0.1) is 29.7 Å². The van der Waals surface area contributed by atoms with Crippen LogP contribution in [0.15, 0.2) is 71.8 Å². The van der Waals surface area contributed by atoms with Crippen molar-refractivity contribution in [2.75, 3.05) is 0 Å². The van der Waals surface area contributed by atoms with Gasteiger partial charge in [-0.15, -0.1) is 0 Å². The maximum Gasteiger partial charge on any atom is 0.289 e. The Morgan fingerprint density at radius 3 is 2.60 bits per heavy atom. The highest BCUT2D eigenvalue weighted by atomic mass is 35.5. The molecule has 0 saturated carbocycles. The third kappa shape index (κ3) is 4.31. The van der Waals surface area contributed by atoms with E-state index in [1.54, 1.807) is 10.7 Å². The van der Waals surface area contributed by atoms with E-state index in [9.17, 15) is 4.79 Å². The number of hydrogen-bond acceptors (Lipinski definition) is 4. The van der Waals surface area contributed by atoms with Crippen LogP contribution in [0.5, 0.6) is 0 Å². The molecule has 0 aliphatic rings. The largest absolute Gasteiger partial charge is 0.289 e. The number of rotatable bonds is 6. The maximum absolute atomic E-state index is 12.3. The molecule has 30 heavy (non-hydrogen) atoms. The van der Waals surface area contributed by atoms with Gasteiger partial charge in [-0.05, 0) is 18.6 Å². The predicted octanol–water partition coefficient (Wildman–Crippen LogP) is 4.05. The first kappa shape index (κ1) is 19.6. The van der Waals surface area contributed by atoms with Gasteiger partial charge in [-0.2, -0.15) is 15.3 Å².